The zero-order valence-electron chi connectivity index (χ0n) is 14.1. The fraction of sp³-hybridized carbons (Fsp3) is 0.263. The Labute approximate surface area is 145 Å². The smallest absolute Gasteiger partial charge is 0.323 e. The van der Waals surface area contributed by atoms with Crippen molar-refractivity contribution in [2.45, 2.75) is 26.5 Å². The molecule has 1 N–H and O–H groups in total. The number of aliphatic carboxylic acids is 1. The van der Waals surface area contributed by atoms with E-state index in [1.165, 1.54) is 17.0 Å². The molecule has 0 spiro atoms. The third-order valence-electron chi connectivity index (χ3n) is 3.57. The van der Waals surface area contributed by atoms with Gasteiger partial charge in [-0.2, -0.15) is 0 Å². The highest BCUT2D eigenvalue weighted by atomic mass is 19.1. The number of benzene rings is 2. The standard InChI is InChI=1S/C19H20FNO4/c1-13(2)21(11-18(22)23)19(24)15-6-3-5-14(9-15)12-25-17-8-4-7-16(20)10-17/h3-10,13H,11-12H2,1-2H3,(H,22,23). The van der Waals surface area contributed by atoms with Crippen LogP contribution in [-0.2, 0) is 11.4 Å². The summed E-state index contributed by atoms with van der Waals surface area (Å²) < 4.78 is 18.7. The monoisotopic (exact) mass is 345 g/mol. The lowest BCUT2D eigenvalue weighted by atomic mass is 10.1. The first-order valence-electron chi connectivity index (χ1n) is 7.87. The van der Waals surface area contributed by atoms with Crippen LogP contribution in [0.25, 0.3) is 0 Å². The van der Waals surface area contributed by atoms with Crippen LogP contribution < -0.4 is 4.74 Å². The molecule has 6 heteroatoms. The third kappa shape index (κ3) is 5.31. The molecule has 1 amide bonds. The minimum absolute atomic E-state index is 0.172. The quantitative estimate of drug-likeness (QED) is 0.836. The predicted molar refractivity (Wildman–Crippen MR) is 91.0 cm³/mol. The van der Waals surface area contributed by atoms with E-state index in [0.717, 1.165) is 5.56 Å². The molecule has 0 fully saturated rings. The zero-order chi connectivity index (χ0) is 18.4. The number of amides is 1. The molecule has 0 bridgehead atoms. The number of hydrogen-bond donors (Lipinski definition) is 1. The minimum atomic E-state index is -1.06. The maximum absolute atomic E-state index is 13.2. The molecule has 132 valence electrons. The molecule has 0 aliphatic heterocycles. The van der Waals surface area contributed by atoms with Crippen molar-refractivity contribution >= 4 is 11.9 Å². The number of carboxylic acid groups (broad SMARTS) is 1. The van der Waals surface area contributed by atoms with Crippen molar-refractivity contribution in [2.24, 2.45) is 0 Å². The Kier molecular flexibility index (Phi) is 6.11. The van der Waals surface area contributed by atoms with Crippen LogP contribution >= 0.6 is 0 Å². The molecule has 0 heterocycles. The van der Waals surface area contributed by atoms with Gasteiger partial charge in [-0.1, -0.05) is 18.2 Å². The van der Waals surface area contributed by atoms with Gasteiger partial charge in [0.1, 0.15) is 24.7 Å². The summed E-state index contributed by atoms with van der Waals surface area (Å²) in [4.78, 5) is 24.8. The van der Waals surface area contributed by atoms with Crippen LogP contribution in [-0.4, -0.2) is 34.5 Å². The average Bonchev–Trinajstić information content (AvgIpc) is 2.57. The molecule has 25 heavy (non-hydrogen) atoms. The zero-order valence-corrected chi connectivity index (χ0v) is 14.1. The maximum atomic E-state index is 13.2. The van der Waals surface area contributed by atoms with Crippen LogP contribution in [0.15, 0.2) is 48.5 Å². The molecule has 0 aliphatic carbocycles. The van der Waals surface area contributed by atoms with Crippen molar-refractivity contribution in [1.29, 1.82) is 0 Å². The molecule has 0 unspecified atom stereocenters. The summed E-state index contributed by atoms with van der Waals surface area (Å²) in [6, 6.07) is 12.3. The number of rotatable bonds is 7. The molecule has 2 aromatic carbocycles. The summed E-state index contributed by atoms with van der Waals surface area (Å²) >= 11 is 0. The molecule has 0 saturated heterocycles. The Morgan fingerprint density at radius 3 is 2.52 bits per heavy atom. The summed E-state index contributed by atoms with van der Waals surface area (Å²) in [6.07, 6.45) is 0. The summed E-state index contributed by atoms with van der Waals surface area (Å²) in [5.74, 6) is -1.41. The second kappa shape index (κ2) is 8.28. The van der Waals surface area contributed by atoms with Crippen LogP contribution in [0.2, 0.25) is 0 Å². The van der Waals surface area contributed by atoms with Crippen molar-refractivity contribution < 1.29 is 23.8 Å². The number of halogens is 1. The Morgan fingerprint density at radius 1 is 1.16 bits per heavy atom. The van der Waals surface area contributed by atoms with Crippen molar-refractivity contribution in [3.8, 4) is 5.75 Å². The van der Waals surface area contributed by atoms with E-state index < -0.39 is 5.97 Å². The van der Waals surface area contributed by atoms with E-state index in [2.05, 4.69) is 0 Å². The van der Waals surface area contributed by atoms with Crippen LogP contribution in [0.3, 0.4) is 0 Å². The molecule has 0 atom stereocenters. The average molecular weight is 345 g/mol. The first-order chi connectivity index (χ1) is 11.9. The highest BCUT2D eigenvalue weighted by Crippen LogP contribution is 2.16. The third-order valence-corrected chi connectivity index (χ3v) is 3.57. The number of carbonyl (C=O) groups excluding carboxylic acids is 1. The van der Waals surface area contributed by atoms with Gasteiger partial charge in [-0.15, -0.1) is 0 Å². The van der Waals surface area contributed by atoms with E-state index in [4.69, 9.17) is 9.84 Å². The van der Waals surface area contributed by atoms with Crippen LogP contribution in [0, 0.1) is 5.82 Å². The van der Waals surface area contributed by atoms with Gasteiger partial charge >= 0.3 is 5.97 Å². The van der Waals surface area contributed by atoms with E-state index in [1.54, 1.807) is 50.2 Å². The second-order valence-corrected chi connectivity index (χ2v) is 5.87. The molecule has 5 nitrogen and oxygen atoms in total. The SMILES string of the molecule is CC(C)N(CC(=O)O)C(=O)c1cccc(COc2cccc(F)c2)c1. The summed E-state index contributed by atoms with van der Waals surface area (Å²) in [6.45, 7) is 3.33. The van der Waals surface area contributed by atoms with Gasteiger partial charge in [0.15, 0.2) is 0 Å². The fourth-order valence-electron chi connectivity index (χ4n) is 2.32. The lowest BCUT2D eigenvalue weighted by Gasteiger charge is -2.25. The lowest BCUT2D eigenvalue weighted by Crippen LogP contribution is -2.40. The second-order valence-electron chi connectivity index (χ2n) is 5.87. The van der Waals surface area contributed by atoms with Gasteiger partial charge in [0.2, 0.25) is 0 Å². The highest BCUT2D eigenvalue weighted by Gasteiger charge is 2.21. The largest absolute Gasteiger partial charge is 0.489 e. The number of carbonyl (C=O) groups is 2. The summed E-state index contributed by atoms with van der Waals surface area (Å²) in [5.41, 5.74) is 1.12. The number of hydrogen-bond acceptors (Lipinski definition) is 3. The lowest BCUT2D eigenvalue weighted by molar-refractivity contribution is -0.138. The van der Waals surface area contributed by atoms with E-state index in [-0.39, 0.29) is 30.9 Å². The number of carboxylic acids is 1. The van der Waals surface area contributed by atoms with Crippen molar-refractivity contribution in [1.82, 2.24) is 4.90 Å². The van der Waals surface area contributed by atoms with E-state index in [0.29, 0.717) is 11.3 Å². The van der Waals surface area contributed by atoms with Crippen molar-refractivity contribution in [2.75, 3.05) is 6.54 Å². The molecule has 2 rings (SSSR count). The van der Waals surface area contributed by atoms with Crippen LogP contribution in [0.4, 0.5) is 4.39 Å². The molecule has 2 aromatic rings. The topological polar surface area (TPSA) is 66.8 Å². The van der Waals surface area contributed by atoms with Gasteiger partial charge in [-0.25, -0.2) is 4.39 Å². The van der Waals surface area contributed by atoms with Gasteiger partial charge in [-0.3, -0.25) is 9.59 Å². The molecule has 0 saturated carbocycles. The van der Waals surface area contributed by atoms with Gasteiger partial charge in [0.05, 0.1) is 0 Å². The first kappa shape index (κ1) is 18.4. The normalized spacial score (nSPS) is 10.6. The maximum Gasteiger partial charge on any atom is 0.323 e. The van der Waals surface area contributed by atoms with E-state index in [1.807, 2.05) is 0 Å². The Hall–Kier alpha value is -2.89. The molecule has 0 aliphatic rings. The van der Waals surface area contributed by atoms with Gasteiger partial charge in [0.25, 0.3) is 5.91 Å². The van der Waals surface area contributed by atoms with Crippen LogP contribution in [0.1, 0.15) is 29.8 Å². The molecule has 0 aromatic heterocycles. The number of nitrogens with zero attached hydrogens (tertiary/aromatic N) is 1. The molecule has 0 radical (unpaired) electrons. The Morgan fingerprint density at radius 2 is 1.88 bits per heavy atom. The van der Waals surface area contributed by atoms with Crippen molar-refractivity contribution in [3.63, 3.8) is 0 Å². The van der Waals surface area contributed by atoms with E-state index >= 15 is 0 Å². The fourth-order valence-corrected chi connectivity index (χ4v) is 2.32. The number of ether oxygens (including phenoxy) is 1. The van der Waals surface area contributed by atoms with Gasteiger partial charge in [-0.05, 0) is 43.7 Å². The van der Waals surface area contributed by atoms with Crippen molar-refractivity contribution in [3.05, 3.63) is 65.5 Å². The first-order valence-corrected chi connectivity index (χ1v) is 7.87. The predicted octanol–water partition coefficient (Wildman–Crippen LogP) is 3.34. The van der Waals surface area contributed by atoms with Gasteiger partial charge in [0, 0.05) is 17.7 Å². The summed E-state index contributed by atoms with van der Waals surface area (Å²) in [5, 5.41) is 8.97. The Bertz CT molecular complexity index is 761. The molecular formula is C19H20FNO4. The highest BCUT2D eigenvalue weighted by molar-refractivity contribution is 5.96. The van der Waals surface area contributed by atoms with Gasteiger partial charge < -0.3 is 14.7 Å². The van der Waals surface area contributed by atoms with Crippen LogP contribution in [0.5, 0.6) is 5.75 Å². The summed E-state index contributed by atoms with van der Waals surface area (Å²) in [7, 11) is 0. The minimum Gasteiger partial charge on any atom is -0.489 e. The molecular weight excluding hydrogens is 325 g/mol. The van der Waals surface area contributed by atoms with E-state index in [9.17, 15) is 14.0 Å². The Balaban J connectivity index is 2.11.